The topological polar surface area (TPSA) is 12.9 Å². The van der Waals surface area contributed by atoms with Crippen molar-refractivity contribution in [2.75, 3.05) is 0 Å². The molecular formula is C34H20F3NS. The molecule has 0 atom stereocenters. The van der Waals surface area contributed by atoms with Gasteiger partial charge in [-0.25, -0.2) is 0 Å². The third-order valence-electron chi connectivity index (χ3n) is 7.16. The molecule has 0 saturated heterocycles. The Labute approximate surface area is 226 Å². The van der Waals surface area contributed by atoms with E-state index in [2.05, 4.69) is 66.7 Å². The van der Waals surface area contributed by atoms with Gasteiger partial charge in [-0.05, 0) is 76.0 Å². The molecule has 2 aromatic heterocycles. The molecule has 7 rings (SSSR count). The Morgan fingerprint density at radius 3 is 1.87 bits per heavy atom. The van der Waals surface area contributed by atoms with Gasteiger partial charge in [-0.2, -0.15) is 13.2 Å². The van der Waals surface area contributed by atoms with Crippen LogP contribution in [-0.4, -0.2) is 4.98 Å². The van der Waals surface area contributed by atoms with Gasteiger partial charge in [0, 0.05) is 37.5 Å². The van der Waals surface area contributed by atoms with Gasteiger partial charge in [0.2, 0.25) is 0 Å². The van der Waals surface area contributed by atoms with Gasteiger partial charge in [-0.1, -0.05) is 66.7 Å². The lowest BCUT2D eigenvalue weighted by Gasteiger charge is -2.10. The summed E-state index contributed by atoms with van der Waals surface area (Å²) in [5.74, 6) is 0. The van der Waals surface area contributed by atoms with Crippen molar-refractivity contribution in [3.05, 3.63) is 127 Å². The average Bonchev–Trinajstić information content (AvgIpc) is 3.34. The maximum atomic E-state index is 13.0. The van der Waals surface area contributed by atoms with E-state index in [1.807, 2.05) is 30.5 Å². The maximum Gasteiger partial charge on any atom is 0.416 e. The van der Waals surface area contributed by atoms with Crippen LogP contribution in [0.2, 0.25) is 0 Å². The molecule has 0 unspecified atom stereocenters. The van der Waals surface area contributed by atoms with Crippen LogP contribution in [0, 0.1) is 0 Å². The Bertz CT molecular complexity index is 1990. The SMILES string of the molecule is FC(F)(F)c1ccc(-c2ccc3ccc(-c4ccc(-c5ccc6sc7ccccc7c6c5)nc4)cc3c2)cc1. The Hall–Kier alpha value is -4.48. The van der Waals surface area contributed by atoms with Gasteiger partial charge < -0.3 is 0 Å². The third-order valence-corrected chi connectivity index (χ3v) is 8.31. The minimum absolute atomic E-state index is 0.645. The van der Waals surface area contributed by atoms with E-state index in [0.29, 0.717) is 0 Å². The number of halogens is 3. The lowest BCUT2D eigenvalue weighted by atomic mass is 9.97. The van der Waals surface area contributed by atoms with Crippen LogP contribution in [0.15, 0.2) is 121 Å². The molecule has 39 heavy (non-hydrogen) atoms. The number of fused-ring (bicyclic) bond motifs is 4. The highest BCUT2D eigenvalue weighted by atomic mass is 32.1. The number of pyridine rings is 1. The first-order chi connectivity index (χ1) is 18.9. The number of thiophene rings is 1. The van der Waals surface area contributed by atoms with Gasteiger partial charge >= 0.3 is 6.18 Å². The Balaban J connectivity index is 1.20. The molecule has 0 spiro atoms. The molecule has 0 aliphatic rings. The van der Waals surface area contributed by atoms with E-state index >= 15 is 0 Å². The molecule has 1 nitrogen and oxygen atoms in total. The highest BCUT2D eigenvalue weighted by Gasteiger charge is 2.30. The number of alkyl halides is 3. The summed E-state index contributed by atoms with van der Waals surface area (Å²) in [6, 6.07) is 36.6. The van der Waals surface area contributed by atoms with Crippen LogP contribution >= 0.6 is 11.3 Å². The quantitative estimate of drug-likeness (QED) is 0.221. The van der Waals surface area contributed by atoms with Gasteiger partial charge in [0.05, 0.1) is 11.3 Å². The summed E-state index contributed by atoms with van der Waals surface area (Å²) in [5.41, 5.74) is 5.01. The van der Waals surface area contributed by atoms with Crippen molar-refractivity contribution in [3.8, 4) is 33.5 Å². The second kappa shape index (κ2) is 9.07. The lowest BCUT2D eigenvalue weighted by molar-refractivity contribution is -0.137. The molecule has 7 aromatic rings. The highest BCUT2D eigenvalue weighted by Crippen LogP contribution is 2.37. The third kappa shape index (κ3) is 4.35. The molecule has 0 bridgehead atoms. The van der Waals surface area contributed by atoms with Crippen molar-refractivity contribution in [1.82, 2.24) is 4.98 Å². The number of hydrogen-bond donors (Lipinski definition) is 0. The van der Waals surface area contributed by atoms with E-state index in [-0.39, 0.29) is 0 Å². The van der Waals surface area contributed by atoms with Crippen LogP contribution in [0.4, 0.5) is 13.2 Å². The fourth-order valence-corrected chi connectivity index (χ4v) is 6.16. The van der Waals surface area contributed by atoms with Crippen molar-refractivity contribution in [2.24, 2.45) is 0 Å². The average molecular weight is 532 g/mol. The van der Waals surface area contributed by atoms with Gasteiger partial charge in [0.1, 0.15) is 0 Å². The maximum absolute atomic E-state index is 13.0. The van der Waals surface area contributed by atoms with Crippen molar-refractivity contribution >= 4 is 42.3 Å². The molecule has 0 aliphatic heterocycles. The van der Waals surface area contributed by atoms with Crippen molar-refractivity contribution in [2.45, 2.75) is 6.18 Å². The van der Waals surface area contributed by atoms with Crippen molar-refractivity contribution < 1.29 is 13.2 Å². The van der Waals surface area contributed by atoms with E-state index in [0.717, 1.165) is 56.4 Å². The van der Waals surface area contributed by atoms with E-state index in [9.17, 15) is 13.2 Å². The van der Waals surface area contributed by atoms with Crippen LogP contribution in [0.1, 0.15) is 5.56 Å². The predicted octanol–water partition coefficient (Wildman–Crippen LogP) is 10.6. The monoisotopic (exact) mass is 531 g/mol. The van der Waals surface area contributed by atoms with Gasteiger partial charge in [0.15, 0.2) is 0 Å². The standard InChI is InChI=1S/C34H20F3NS/c35-34(36,37)28-13-9-21(10-14-28)23-7-5-22-6-8-24(18-27(22)17-23)26-11-15-31(38-20-26)25-12-16-33-30(19-25)29-3-1-2-4-32(29)39-33/h1-20H. The van der Waals surface area contributed by atoms with Crippen LogP contribution in [-0.2, 0) is 6.18 Å². The highest BCUT2D eigenvalue weighted by molar-refractivity contribution is 7.25. The largest absolute Gasteiger partial charge is 0.416 e. The summed E-state index contributed by atoms with van der Waals surface area (Å²) in [5, 5.41) is 4.60. The number of rotatable bonds is 3. The normalized spacial score (nSPS) is 12.0. The second-order valence-electron chi connectivity index (χ2n) is 9.59. The molecule has 188 valence electrons. The summed E-state index contributed by atoms with van der Waals surface area (Å²) < 4.78 is 41.4. The lowest BCUT2D eigenvalue weighted by Crippen LogP contribution is -2.03. The van der Waals surface area contributed by atoms with E-state index in [1.165, 1.54) is 32.3 Å². The second-order valence-corrected chi connectivity index (χ2v) is 10.7. The molecule has 0 radical (unpaired) electrons. The summed E-state index contributed by atoms with van der Waals surface area (Å²) in [7, 11) is 0. The number of nitrogens with zero attached hydrogens (tertiary/aromatic N) is 1. The smallest absolute Gasteiger partial charge is 0.256 e. The van der Waals surface area contributed by atoms with Crippen molar-refractivity contribution in [3.63, 3.8) is 0 Å². The molecule has 0 fully saturated rings. The fourth-order valence-electron chi connectivity index (χ4n) is 5.08. The molecule has 0 amide bonds. The first-order valence-electron chi connectivity index (χ1n) is 12.5. The van der Waals surface area contributed by atoms with Gasteiger partial charge in [-0.15, -0.1) is 11.3 Å². The zero-order chi connectivity index (χ0) is 26.6. The van der Waals surface area contributed by atoms with Crippen LogP contribution in [0.3, 0.4) is 0 Å². The molecule has 2 heterocycles. The first kappa shape index (κ1) is 23.6. The Morgan fingerprint density at radius 1 is 0.513 bits per heavy atom. The minimum Gasteiger partial charge on any atom is -0.256 e. The zero-order valence-electron chi connectivity index (χ0n) is 20.5. The molecule has 0 saturated carbocycles. The molecule has 5 heteroatoms. The number of hydrogen-bond acceptors (Lipinski definition) is 2. The summed E-state index contributed by atoms with van der Waals surface area (Å²) in [4.78, 5) is 4.78. The van der Waals surface area contributed by atoms with E-state index < -0.39 is 11.7 Å². The summed E-state index contributed by atoms with van der Waals surface area (Å²) in [6.07, 6.45) is -2.45. The number of aromatic nitrogens is 1. The van der Waals surface area contributed by atoms with Crippen LogP contribution < -0.4 is 0 Å². The Kier molecular flexibility index (Phi) is 5.49. The first-order valence-corrected chi connectivity index (χ1v) is 13.3. The van der Waals surface area contributed by atoms with Crippen LogP contribution in [0.5, 0.6) is 0 Å². The molecule has 0 aliphatic carbocycles. The van der Waals surface area contributed by atoms with Crippen LogP contribution in [0.25, 0.3) is 64.5 Å². The predicted molar refractivity (Wildman–Crippen MR) is 156 cm³/mol. The van der Waals surface area contributed by atoms with E-state index in [1.54, 1.807) is 11.3 Å². The molecular weight excluding hydrogens is 511 g/mol. The number of benzene rings is 5. The molecule has 0 N–H and O–H groups in total. The fraction of sp³-hybridized carbons (Fsp3) is 0.0294. The van der Waals surface area contributed by atoms with Gasteiger partial charge in [0.25, 0.3) is 0 Å². The van der Waals surface area contributed by atoms with E-state index in [4.69, 9.17) is 4.98 Å². The van der Waals surface area contributed by atoms with Crippen molar-refractivity contribution in [1.29, 1.82) is 0 Å². The zero-order valence-corrected chi connectivity index (χ0v) is 21.4. The minimum atomic E-state index is -4.34. The summed E-state index contributed by atoms with van der Waals surface area (Å²) >= 11 is 1.80. The summed E-state index contributed by atoms with van der Waals surface area (Å²) in [6.45, 7) is 0. The Morgan fingerprint density at radius 2 is 1.15 bits per heavy atom. The molecule has 5 aromatic carbocycles. The van der Waals surface area contributed by atoms with Gasteiger partial charge in [-0.3, -0.25) is 4.98 Å².